The summed E-state index contributed by atoms with van der Waals surface area (Å²) in [7, 11) is 0. The average Bonchev–Trinajstić information content (AvgIpc) is 2.19. The molecule has 0 heterocycles. The molecule has 0 aliphatic heterocycles. The number of amides is 1. The molecule has 0 aromatic carbocycles. The van der Waals surface area contributed by atoms with Crippen LogP contribution in [0.4, 0.5) is 0 Å². The SMILES string of the molecule is CC(C)NCCCC(=O)N[C@H](C(=O)O)[C@@H](C)O. The summed E-state index contributed by atoms with van der Waals surface area (Å²) in [5.41, 5.74) is 0. The van der Waals surface area contributed by atoms with Crippen LogP contribution in [0.3, 0.4) is 0 Å². The Balaban J connectivity index is 3.87. The van der Waals surface area contributed by atoms with E-state index in [1.54, 1.807) is 0 Å². The van der Waals surface area contributed by atoms with Crippen molar-refractivity contribution < 1.29 is 19.8 Å². The first-order valence-corrected chi connectivity index (χ1v) is 5.78. The predicted octanol–water partition coefficient (Wildman–Crippen LogP) is -0.285. The van der Waals surface area contributed by atoms with E-state index in [1.807, 2.05) is 13.8 Å². The first kappa shape index (κ1) is 15.9. The van der Waals surface area contributed by atoms with Gasteiger partial charge in [-0.1, -0.05) is 13.8 Å². The summed E-state index contributed by atoms with van der Waals surface area (Å²) < 4.78 is 0. The van der Waals surface area contributed by atoms with E-state index in [4.69, 9.17) is 10.2 Å². The Bertz CT molecular complexity index is 254. The number of carboxylic acids is 1. The molecule has 4 N–H and O–H groups in total. The Morgan fingerprint density at radius 2 is 1.82 bits per heavy atom. The van der Waals surface area contributed by atoms with Gasteiger partial charge in [0.15, 0.2) is 6.04 Å². The first-order valence-electron chi connectivity index (χ1n) is 5.78. The van der Waals surface area contributed by atoms with Crippen LogP contribution in [-0.4, -0.2) is 46.8 Å². The van der Waals surface area contributed by atoms with Gasteiger partial charge < -0.3 is 20.8 Å². The molecule has 17 heavy (non-hydrogen) atoms. The van der Waals surface area contributed by atoms with Gasteiger partial charge in [-0.25, -0.2) is 4.79 Å². The third-order valence-electron chi connectivity index (χ3n) is 2.20. The smallest absolute Gasteiger partial charge is 0.328 e. The van der Waals surface area contributed by atoms with Crippen molar-refractivity contribution in [3.8, 4) is 0 Å². The molecule has 0 spiro atoms. The van der Waals surface area contributed by atoms with Crippen molar-refractivity contribution in [1.29, 1.82) is 0 Å². The fraction of sp³-hybridized carbons (Fsp3) is 0.818. The quantitative estimate of drug-likeness (QED) is 0.441. The number of aliphatic hydroxyl groups excluding tert-OH is 1. The van der Waals surface area contributed by atoms with Crippen LogP contribution in [0.5, 0.6) is 0 Å². The van der Waals surface area contributed by atoms with Crippen molar-refractivity contribution in [3.63, 3.8) is 0 Å². The van der Waals surface area contributed by atoms with Crippen LogP contribution in [0, 0.1) is 0 Å². The van der Waals surface area contributed by atoms with Crippen LogP contribution in [0.15, 0.2) is 0 Å². The second-order valence-corrected chi connectivity index (χ2v) is 4.34. The van der Waals surface area contributed by atoms with Gasteiger partial charge in [0.2, 0.25) is 5.91 Å². The highest BCUT2D eigenvalue weighted by atomic mass is 16.4. The summed E-state index contributed by atoms with van der Waals surface area (Å²) in [6, 6.07) is -0.872. The Labute approximate surface area is 101 Å². The lowest BCUT2D eigenvalue weighted by molar-refractivity contribution is -0.144. The molecule has 0 aliphatic rings. The zero-order valence-corrected chi connectivity index (χ0v) is 10.6. The maximum absolute atomic E-state index is 11.4. The molecule has 0 radical (unpaired) electrons. The summed E-state index contributed by atoms with van der Waals surface area (Å²) in [5.74, 6) is -1.59. The van der Waals surface area contributed by atoms with E-state index in [2.05, 4.69) is 10.6 Å². The monoisotopic (exact) mass is 246 g/mol. The van der Waals surface area contributed by atoms with Gasteiger partial charge in [-0.2, -0.15) is 0 Å². The molecule has 0 bridgehead atoms. The van der Waals surface area contributed by atoms with Gasteiger partial charge in [-0.15, -0.1) is 0 Å². The number of carboxylic acid groups (broad SMARTS) is 1. The van der Waals surface area contributed by atoms with E-state index in [0.717, 1.165) is 0 Å². The van der Waals surface area contributed by atoms with Crippen molar-refractivity contribution in [2.24, 2.45) is 0 Å². The molecule has 0 saturated carbocycles. The van der Waals surface area contributed by atoms with Crippen LogP contribution >= 0.6 is 0 Å². The molecule has 6 heteroatoms. The molecule has 0 saturated heterocycles. The van der Waals surface area contributed by atoms with E-state index < -0.39 is 18.1 Å². The molecule has 6 nitrogen and oxygen atoms in total. The normalized spacial score (nSPS) is 14.4. The number of nitrogens with one attached hydrogen (secondary N) is 2. The standard InChI is InChI=1S/C11H22N2O4/c1-7(2)12-6-4-5-9(15)13-10(8(3)14)11(16)17/h7-8,10,12,14H,4-6H2,1-3H3,(H,13,15)(H,16,17)/t8-,10+/m1/s1. The zero-order valence-electron chi connectivity index (χ0n) is 10.6. The van der Waals surface area contributed by atoms with E-state index >= 15 is 0 Å². The topological polar surface area (TPSA) is 98.7 Å². The van der Waals surface area contributed by atoms with Crippen LogP contribution in [0.25, 0.3) is 0 Å². The first-order chi connectivity index (χ1) is 7.84. The van der Waals surface area contributed by atoms with Crippen molar-refractivity contribution in [2.45, 2.75) is 51.8 Å². The third kappa shape index (κ3) is 7.70. The number of aliphatic hydroxyl groups is 1. The van der Waals surface area contributed by atoms with Gasteiger partial charge in [-0.05, 0) is 19.9 Å². The van der Waals surface area contributed by atoms with Crippen LogP contribution in [-0.2, 0) is 9.59 Å². The maximum atomic E-state index is 11.4. The minimum Gasteiger partial charge on any atom is -0.480 e. The van der Waals surface area contributed by atoms with Gasteiger partial charge in [0.1, 0.15) is 0 Å². The van der Waals surface area contributed by atoms with E-state index in [0.29, 0.717) is 19.0 Å². The molecule has 0 unspecified atom stereocenters. The van der Waals surface area contributed by atoms with Crippen molar-refractivity contribution in [3.05, 3.63) is 0 Å². The van der Waals surface area contributed by atoms with Crippen molar-refractivity contribution >= 4 is 11.9 Å². The van der Waals surface area contributed by atoms with Crippen LogP contribution in [0.1, 0.15) is 33.6 Å². The average molecular weight is 246 g/mol. The fourth-order valence-electron chi connectivity index (χ4n) is 1.27. The summed E-state index contributed by atoms with van der Waals surface area (Å²) in [4.78, 5) is 22.1. The molecule has 0 aromatic rings. The highest BCUT2D eigenvalue weighted by Crippen LogP contribution is 1.96. The zero-order chi connectivity index (χ0) is 13.4. The number of rotatable bonds is 8. The number of carbonyl (C=O) groups is 2. The number of hydrogen-bond donors (Lipinski definition) is 4. The Morgan fingerprint density at radius 1 is 1.24 bits per heavy atom. The lowest BCUT2D eigenvalue weighted by atomic mass is 10.1. The molecular weight excluding hydrogens is 224 g/mol. The van der Waals surface area contributed by atoms with E-state index in [1.165, 1.54) is 6.92 Å². The van der Waals surface area contributed by atoms with Crippen molar-refractivity contribution in [1.82, 2.24) is 10.6 Å². The molecular formula is C11H22N2O4. The van der Waals surface area contributed by atoms with Crippen molar-refractivity contribution in [2.75, 3.05) is 6.54 Å². The summed E-state index contributed by atoms with van der Waals surface area (Å²) in [5, 5.41) is 23.4. The third-order valence-corrected chi connectivity index (χ3v) is 2.20. The molecule has 1 amide bonds. The molecule has 2 atom stereocenters. The molecule has 0 aromatic heterocycles. The maximum Gasteiger partial charge on any atom is 0.328 e. The minimum absolute atomic E-state index is 0.246. The lowest BCUT2D eigenvalue weighted by Gasteiger charge is -2.17. The fourth-order valence-corrected chi connectivity index (χ4v) is 1.27. The molecule has 0 fully saturated rings. The summed E-state index contributed by atoms with van der Waals surface area (Å²) in [6.07, 6.45) is -0.225. The largest absolute Gasteiger partial charge is 0.480 e. The predicted molar refractivity (Wildman–Crippen MR) is 63.6 cm³/mol. The lowest BCUT2D eigenvalue weighted by Crippen LogP contribution is -2.47. The van der Waals surface area contributed by atoms with Crippen LogP contribution < -0.4 is 10.6 Å². The van der Waals surface area contributed by atoms with Gasteiger partial charge in [0, 0.05) is 12.5 Å². The highest BCUT2D eigenvalue weighted by molar-refractivity contribution is 5.83. The Morgan fingerprint density at radius 3 is 2.24 bits per heavy atom. The van der Waals surface area contributed by atoms with Gasteiger partial charge in [0.25, 0.3) is 0 Å². The van der Waals surface area contributed by atoms with Crippen LogP contribution in [0.2, 0.25) is 0 Å². The second-order valence-electron chi connectivity index (χ2n) is 4.34. The Kier molecular flexibility index (Phi) is 7.49. The minimum atomic E-state index is -1.24. The number of hydrogen-bond acceptors (Lipinski definition) is 4. The van der Waals surface area contributed by atoms with E-state index in [9.17, 15) is 9.59 Å². The molecule has 100 valence electrons. The number of carbonyl (C=O) groups excluding carboxylic acids is 1. The van der Waals surface area contributed by atoms with Gasteiger partial charge in [0.05, 0.1) is 6.10 Å². The van der Waals surface area contributed by atoms with E-state index in [-0.39, 0.29) is 12.3 Å². The highest BCUT2D eigenvalue weighted by Gasteiger charge is 2.24. The summed E-state index contributed by atoms with van der Waals surface area (Å²) >= 11 is 0. The molecule has 0 aliphatic carbocycles. The van der Waals surface area contributed by atoms with Gasteiger partial charge >= 0.3 is 5.97 Å². The Hall–Kier alpha value is -1.14. The number of aliphatic carboxylic acids is 1. The summed E-state index contributed by atoms with van der Waals surface area (Å²) in [6.45, 7) is 6.05. The molecule has 0 rings (SSSR count). The van der Waals surface area contributed by atoms with Gasteiger partial charge in [-0.3, -0.25) is 4.79 Å². The second kappa shape index (κ2) is 8.03.